The van der Waals surface area contributed by atoms with Crippen LogP contribution < -0.4 is 5.56 Å². The van der Waals surface area contributed by atoms with E-state index in [4.69, 9.17) is 16.3 Å². The molecule has 5 nitrogen and oxygen atoms in total. The molecule has 0 aromatic carbocycles. The monoisotopic (exact) mass is 284 g/mol. The molecule has 1 aromatic heterocycles. The molecule has 0 aliphatic rings. The van der Waals surface area contributed by atoms with Gasteiger partial charge in [-0.05, 0) is 6.42 Å². The Kier molecular flexibility index (Phi) is 6.29. The molecular formula is C13H17ClN2O3. The van der Waals surface area contributed by atoms with E-state index in [1.807, 2.05) is 0 Å². The number of hydrogen-bond donors (Lipinski definition) is 0. The molecule has 0 N–H and O–H groups in total. The quantitative estimate of drug-likeness (QED) is 0.438. The van der Waals surface area contributed by atoms with E-state index in [1.165, 1.54) is 16.8 Å². The van der Waals surface area contributed by atoms with Gasteiger partial charge in [-0.1, -0.05) is 44.0 Å². The maximum Gasteiger partial charge on any atom is 0.360 e. The Balaban J connectivity index is 2.92. The molecule has 104 valence electrons. The van der Waals surface area contributed by atoms with Gasteiger partial charge in [-0.3, -0.25) is 4.79 Å². The Morgan fingerprint density at radius 2 is 2.32 bits per heavy atom. The normalized spacial score (nSPS) is 10.2. The van der Waals surface area contributed by atoms with Crippen LogP contribution in [0.15, 0.2) is 23.5 Å². The summed E-state index contributed by atoms with van der Waals surface area (Å²) in [6, 6.07) is 1.19. The second kappa shape index (κ2) is 7.74. The standard InChI is InChI=1S/C13H17ClN2O3/c1-3-5-6-7-16-11(17)9-10(14)12(15-16)13(18)19-8-4-2/h4,9H,2-3,5-8H2,1H3. The highest BCUT2D eigenvalue weighted by Gasteiger charge is 2.16. The molecule has 0 aliphatic carbocycles. The van der Waals surface area contributed by atoms with E-state index in [0.717, 1.165) is 19.3 Å². The van der Waals surface area contributed by atoms with Gasteiger partial charge in [0.2, 0.25) is 0 Å². The summed E-state index contributed by atoms with van der Waals surface area (Å²) in [5, 5.41) is 3.97. The predicted molar refractivity (Wildman–Crippen MR) is 73.5 cm³/mol. The minimum absolute atomic E-state index is 0.00537. The number of aromatic nitrogens is 2. The number of carbonyl (C=O) groups is 1. The van der Waals surface area contributed by atoms with Crippen molar-refractivity contribution in [3.63, 3.8) is 0 Å². The lowest BCUT2D eigenvalue weighted by Crippen LogP contribution is -2.25. The molecule has 1 aromatic rings. The van der Waals surface area contributed by atoms with Crippen LogP contribution in [-0.2, 0) is 11.3 Å². The van der Waals surface area contributed by atoms with Crippen molar-refractivity contribution >= 4 is 17.6 Å². The summed E-state index contributed by atoms with van der Waals surface area (Å²) >= 11 is 5.83. The maximum atomic E-state index is 11.7. The minimum atomic E-state index is -0.658. The number of rotatable bonds is 7. The first-order valence-electron chi connectivity index (χ1n) is 6.15. The van der Waals surface area contributed by atoms with E-state index in [1.54, 1.807) is 0 Å². The van der Waals surface area contributed by atoms with E-state index >= 15 is 0 Å². The van der Waals surface area contributed by atoms with Gasteiger partial charge in [-0.15, -0.1) is 0 Å². The fourth-order valence-electron chi connectivity index (χ4n) is 1.48. The lowest BCUT2D eigenvalue weighted by Gasteiger charge is -2.07. The first-order chi connectivity index (χ1) is 9.10. The highest BCUT2D eigenvalue weighted by Crippen LogP contribution is 2.11. The summed E-state index contributed by atoms with van der Waals surface area (Å²) in [7, 11) is 0. The van der Waals surface area contributed by atoms with Crippen LogP contribution in [0.5, 0.6) is 0 Å². The third-order valence-electron chi connectivity index (χ3n) is 2.45. The average molecular weight is 285 g/mol. The zero-order chi connectivity index (χ0) is 14.3. The van der Waals surface area contributed by atoms with Gasteiger partial charge in [0.25, 0.3) is 5.56 Å². The predicted octanol–water partition coefficient (Wildman–Crippen LogP) is 2.43. The Hall–Kier alpha value is -1.62. The molecule has 19 heavy (non-hydrogen) atoms. The van der Waals surface area contributed by atoms with Gasteiger partial charge in [0.15, 0.2) is 5.69 Å². The first-order valence-corrected chi connectivity index (χ1v) is 6.53. The summed E-state index contributed by atoms with van der Waals surface area (Å²) in [6.45, 7) is 6.05. The molecule has 1 rings (SSSR count). The fraction of sp³-hybridized carbons (Fsp3) is 0.462. The summed E-state index contributed by atoms with van der Waals surface area (Å²) in [6.07, 6.45) is 4.30. The molecule has 0 amide bonds. The van der Waals surface area contributed by atoms with E-state index in [-0.39, 0.29) is 22.9 Å². The molecule has 0 radical (unpaired) electrons. The molecule has 0 saturated heterocycles. The van der Waals surface area contributed by atoms with Gasteiger partial charge in [0, 0.05) is 12.6 Å². The van der Waals surface area contributed by atoms with Gasteiger partial charge in [0.05, 0.1) is 5.02 Å². The van der Waals surface area contributed by atoms with E-state index < -0.39 is 5.97 Å². The molecule has 0 unspecified atom stereocenters. The molecule has 1 heterocycles. The number of aryl methyl sites for hydroxylation is 1. The second-order valence-corrected chi connectivity index (χ2v) is 4.40. The van der Waals surface area contributed by atoms with E-state index in [0.29, 0.717) is 6.54 Å². The molecule has 0 saturated carbocycles. The lowest BCUT2D eigenvalue weighted by molar-refractivity contribution is 0.0540. The molecular weight excluding hydrogens is 268 g/mol. The zero-order valence-electron chi connectivity index (χ0n) is 10.9. The first kappa shape index (κ1) is 15.4. The summed E-state index contributed by atoms with van der Waals surface area (Å²) in [5.41, 5.74) is -0.360. The number of halogens is 1. The van der Waals surface area contributed by atoms with E-state index in [2.05, 4.69) is 18.6 Å². The number of esters is 1. The van der Waals surface area contributed by atoms with Crippen LogP contribution in [0.4, 0.5) is 0 Å². The van der Waals surface area contributed by atoms with Crippen LogP contribution in [0.1, 0.15) is 36.7 Å². The highest BCUT2D eigenvalue weighted by atomic mass is 35.5. The minimum Gasteiger partial charge on any atom is -0.457 e. The van der Waals surface area contributed by atoms with Crippen LogP contribution >= 0.6 is 11.6 Å². The molecule has 0 aliphatic heterocycles. The van der Waals surface area contributed by atoms with Crippen molar-refractivity contribution in [2.75, 3.05) is 6.61 Å². The smallest absolute Gasteiger partial charge is 0.360 e. The van der Waals surface area contributed by atoms with Crippen LogP contribution in [0.3, 0.4) is 0 Å². The molecule has 0 atom stereocenters. The van der Waals surface area contributed by atoms with Crippen molar-refractivity contribution in [2.24, 2.45) is 0 Å². The molecule has 0 bridgehead atoms. The number of nitrogens with zero attached hydrogens (tertiary/aromatic N) is 2. The third-order valence-corrected chi connectivity index (χ3v) is 2.74. The summed E-state index contributed by atoms with van der Waals surface area (Å²) < 4.78 is 6.10. The van der Waals surface area contributed by atoms with Gasteiger partial charge < -0.3 is 4.74 Å². The van der Waals surface area contributed by atoms with Crippen molar-refractivity contribution in [2.45, 2.75) is 32.7 Å². The van der Waals surface area contributed by atoms with Crippen molar-refractivity contribution < 1.29 is 9.53 Å². The topological polar surface area (TPSA) is 61.2 Å². The molecule has 6 heteroatoms. The largest absolute Gasteiger partial charge is 0.457 e. The Morgan fingerprint density at radius 1 is 1.58 bits per heavy atom. The van der Waals surface area contributed by atoms with Gasteiger partial charge in [-0.25, -0.2) is 9.48 Å². The second-order valence-electron chi connectivity index (χ2n) is 4.00. The van der Waals surface area contributed by atoms with Crippen molar-refractivity contribution in [3.8, 4) is 0 Å². The number of unbranched alkanes of at least 4 members (excludes halogenated alkanes) is 2. The fourth-order valence-corrected chi connectivity index (χ4v) is 1.69. The van der Waals surface area contributed by atoms with Crippen molar-refractivity contribution in [1.82, 2.24) is 9.78 Å². The Bertz CT molecular complexity index is 511. The Morgan fingerprint density at radius 3 is 2.95 bits per heavy atom. The zero-order valence-corrected chi connectivity index (χ0v) is 11.7. The lowest BCUT2D eigenvalue weighted by atomic mass is 10.2. The SMILES string of the molecule is C=CCOC(=O)c1nn(CCCCC)c(=O)cc1Cl. The number of ether oxygens (including phenoxy) is 1. The van der Waals surface area contributed by atoms with Gasteiger partial charge >= 0.3 is 5.97 Å². The average Bonchev–Trinajstić information content (AvgIpc) is 2.38. The van der Waals surface area contributed by atoms with Crippen LogP contribution in [0, 0.1) is 0 Å². The van der Waals surface area contributed by atoms with Crippen LogP contribution in [0.2, 0.25) is 5.02 Å². The van der Waals surface area contributed by atoms with E-state index in [9.17, 15) is 9.59 Å². The maximum absolute atomic E-state index is 11.7. The Labute approximate surface area is 116 Å². The van der Waals surface area contributed by atoms with Crippen LogP contribution in [-0.4, -0.2) is 22.4 Å². The van der Waals surface area contributed by atoms with Crippen molar-refractivity contribution in [1.29, 1.82) is 0 Å². The highest BCUT2D eigenvalue weighted by molar-refractivity contribution is 6.33. The van der Waals surface area contributed by atoms with Gasteiger partial charge in [0.1, 0.15) is 6.61 Å². The number of carbonyl (C=O) groups excluding carboxylic acids is 1. The van der Waals surface area contributed by atoms with Crippen LogP contribution in [0.25, 0.3) is 0 Å². The number of hydrogen-bond acceptors (Lipinski definition) is 4. The summed E-state index contributed by atoms with van der Waals surface area (Å²) in [5.74, 6) is -0.658. The van der Waals surface area contributed by atoms with Gasteiger partial charge in [-0.2, -0.15) is 5.10 Å². The molecule has 0 spiro atoms. The molecule has 0 fully saturated rings. The third kappa shape index (κ3) is 4.52. The van der Waals surface area contributed by atoms with Crippen molar-refractivity contribution in [3.05, 3.63) is 39.8 Å². The summed E-state index contributed by atoms with van der Waals surface area (Å²) in [4.78, 5) is 23.4.